The van der Waals surface area contributed by atoms with Gasteiger partial charge in [-0.3, -0.25) is 9.59 Å². The maximum absolute atomic E-state index is 12.7. The van der Waals surface area contributed by atoms with Crippen LogP contribution >= 0.6 is 11.3 Å². The van der Waals surface area contributed by atoms with Crippen LogP contribution in [0.1, 0.15) is 64.9 Å². The highest BCUT2D eigenvalue weighted by Crippen LogP contribution is 2.24. The van der Waals surface area contributed by atoms with E-state index < -0.39 is 6.04 Å². The number of nitrogens with one attached hydrogen (secondary N) is 1. The number of aromatic nitrogens is 2. The molecule has 4 rings (SSSR count). The highest BCUT2D eigenvalue weighted by Gasteiger charge is 2.26. The molecule has 1 saturated heterocycles. The van der Waals surface area contributed by atoms with Gasteiger partial charge in [0.15, 0.2) is 5.69 Å². The normalized spacial score (nSPS) is 15.1. The lowest BCUT2D eigenvalue weighted by Crippen LogP contribution is -2.36. The zero-order valence-corrected chi connectivity index (χ0v) is 17.9. The fourth-order valence-electron chi connectivity index (χ4n) is 3.47. The molecule has 156 valence electrons. The Balaban J connectivity index is 1.44. The summed E-state index contributed by atoms with van der Waals surface area (Å²) >= 11 is 1.42. The van der Waals surface area contributed by atoms with Crippen LogP contribution in [0, 0.1) is 6.92 Å². The van der Waals surface area contributed by atoms with Gasteiger partial charge in [-0.1, -0.05) is 30.3 Å². The number of nitrogens with zero attached hydrogens (tertiary/aromatic N) is 3. The number of amides is 2. The number of carbonyl (C=O) groups is 2. The molecule has 1 aliphatic rings. The van der Waals surface area contributed by atoms with Crippen LogP contribution in [0.5, 0.6) is 0 Å². The van der Waals surface area contributed by atoms with Gasteiger partial charge in [0.2, 0.25) is 5.89 Å². The van der Waals surface area contributed by atoms with Crippen molar-refractivity contribution in [1.29, 1.82) is 0 Å². The van der Waals surface area contributed by atoms with E-state index in [4.69, 9.17) is 4.42 Å². The molecule has 0 radical (unpaired) electrons. The number of thiazole rings is 1. The number of hydrogen-bond acceptors (Lipinski definition) is 6. The predicted octanol–water partition coefficient (Wildman–Crippen LogP) is 4.22. The third-order valence-electron chi connectivity index (χ3n) is 5.13. The molecule has 1 aliphatic heterocycles. The van der Waals surface area contributed by atoms with E-state index in [0.29, 0.717) is 23.0 Å². The summed E-state index contributed by atoms with van der Waals surface area (Å²) in [6.45, 7) is 5.01. The van der Waals surface area contributed by atoms with Crippen LogP contribution in [-0.4, -0.2) is 39.8 Å². The molecule has 30 heavy (non-hydrogen) atoms. The summed E-state index contributed by atoms with van der Waals surface area (Å²) in [5.74, 6) is 0.384. The zero-order chi connectivity index (χ0) is 21.1. The van der Waals surface area contributed by atoms with E-state index in [9.17, 15) is 9.59 Å². The highest BCUT2D eigenvalue weighted by atomic mass is 32.1. The van der Waals surface area contributed by atoms with E-state index in [2.05, 4.69) is 15.3 Å². The van der Waals surface area contributed by atoms with Crippen LogP contribution in [0.3, 0.4) is 0 Å². The Bertz CT molecular complexity index is 1040. The lowest BCUT2D eigenvalue weighted by Gasteiger charge is -2.25. The van der Waals surface area contributed by atoms with E-state index >= 15 is 0 Å². The number of rotatable bonds is 5. The topological polar surface area (TPSA) is 88.3 Å². The van der Waals surface area contributed by atoms with Gasteiger partial charge in [-0.25, -0.2) is 9.97 Å². The molecule has 8 heteroatoms. The molecule has 0 aliphatic carbocycles. The first-order valence-corrected chi connectivity index (χ1v) is 11.0. The molecule has 1 aromatic carbocycles. The van der Waals surface area contributed by atoms with Gasteiger partial charge in [-0.2, -0.15) is 0 Å². The van der Waals surface area contributed by atoms with Gasteiger partial charge in [-0.05, 0) is 33.1 Å². The predicted molar refractivity (Wildman–Crippen MR) is 114 cm³/mol. The standard InChI is InChI=1S/C22H24N4O3S/c1-14(20-25-18(15(2)29-20)22(28)26-11-7-4-8-12-26)23-19(27)17-13-30-21(24-17)16-9-5-3-6-10-16/h3,5-6,9-10,13-14H,4,7-8,11-12H2,1-2H3,(H,23,27)/t14-/m1/s1. The van der Waals surface area contributed by atoms with E-state index in [-0.39, 0.29) is 11.8 Å². The molecule has 0 unspecified atom stereocenters. The summed E-state index contributed by atoms with van der Waals surface area (Å²) in [6, 6.07) is 9.24. The monoisotopic (exact) mass is 424 g/mol. The summed E-state index contributed by atoms with van der Waals surface area (Å²) in [5, 5.41) is 5.38. The van der Waals surface area contributed by atoms with Gasteiger partial charge in [0, 0.05) is 24.0 Å². The first-order valence-electron chi connectivity index (χ1n) is 10.1. The van der Waals surface area contributed by atoms with Crippen LogP contribution in [0.15, 0.2) is 40.1 Å². The number of piperidine rings is 1. The van der Waals surface area contributed by atoms with Gasteiger partial charge < -0.3 is 14.6 Å². The summed E-state index contributed by atoms with van der Waals surface area (Å²) in [7, 11) is 0. The first-order chi connectivity index (χ1) is 14.5. The molecule has 1 fully saturated rings. The molecule has 0 bridgehead atoms. The molecule has 0 saturated carbocycles. The quantitative estimate of drug-likeness (QED) is 0.662. The molecule has 7 nitrogen and oxygen atoms in total. The molecular formula is C22H24N4O3S. The highest BCUT2D eigenvalue weighted by molar-refractivity contribution is 7.13. The van der Waals surface area contributed by atoms with Crippen LogP contribution in [0.25, 0.3) is 10.6 Å². The molecule has 2 amide bonds. The zero-order valence-electron chi connectivity index (χ0n) is 17.1. The van der Waals surface area contributed by atoms with Crippen molar-refractivity contribution in [3.05, 3.63) is 58.8 Å². The minimum atomic E-state index is -0.485. The molecule has 1 atom stereocenters. The molecule has 3 aromatic rings. The maximum atomic E-state index is 12.7. The Morgan fingerprint density at radius 2 is 1.87 bits per heavy atom. The summed E-state index contributed by atoms with van der Waals surface area (Å²) in [5.41, 5.74) is 1.64. The van der Waals surface area contributed by atoms with Gasteiger partial charge in [0.1, 0.15) is 22.5 Å². The molecular weight excluding hydrogens is 400 g/mol. The van der Waals surface area contributed by atoms with Crippen molar-refractivity contribution >= 4 is 23.2 Å². The van der Waals surface area contributed by atoms with Gasteiger partial charge in [0.25, 0.3) is 11.8 Å². The summed E-state index contributed by atoms with van der Waals surface area (Å²) in [6.07, 6.45) is 3.18. The van der Waals surface area contributed by atoms with Gasteiger partial charge in [-0.15, -0.1) is 11.3 Å². The Hall–Kier alpha value is -3.00. The lowest BCUT2D eigenvalue weighted by atomic mass is 10.1. The second kappa shape index (κ2) is 8.79. The number of oxazole rings is 1. The number of likely N-dealkylation sites (tertiary alicyclic amines) is 1. The Kier molecular flexibility index (Phi) is 5.94. The average Bonchev–Trinajstić information content (AvgIpc) is 3.42. The minimum Gasteiger partial charge on any atom is -0.443 e. The maximum Gasteiger partial charge on any atom is 0.276 e. The summed E-state index contributed by atoms with van der Waals surface area (Å²) < 4.78 is 5.71. The fraction of sp³-hybridized carbons (Fsp3) is 0.364. The van der Waals surface area contributed by atoms with Gasteiger partial charge >= 0.3 is 0 Å². The van der Waals surface area contributed by atoms with Crippen LogP contribution in [0.4, 0.5) is 0 Å². The van der Waals surface area contributed by atoms with Crippen molar-refractivity contribution < 1.29 is 14.0 Å². The number of carbonyl (C=O) groups excluding carboxylic acids is 2. The largest absolute Gasteiger partial charge is 0.443 e. The average molecular weight is 425 g/mol. The number of hydrogen-bond donors (Lipinski definition) is 1. The smallest absolute Gasteiger partial charge is 0.276 e. The first kappa shape index (κ1) is 20.3. The van der Waals surface area contributed by atoms with E-state index in [0.717, 1.165) is 42.9 Å². The molecule has 2 aromatic heterocycles. The third kappa shape index (κ3) is 4.28. The van der Waals surface area contributed by atoms with Gasteiger partial charge in [0.05, 0.1) is 0 Å². The van der Waals surface area contributed by atoms with Crippen LogP contribution in [-0.2, 0) is 0 Å². The van der Waals surface area contributed by atoms with Crippen molar-refractivity contribution in [2.24, 2.45) is 0 Å². The van der Waals surface area contributed by atoms with E-state index in [1.165, 1.54) is 11.3 Å². The fourth-order valence-corrected chi connectivity index (χ4v) is 4.28. The summed E-state index contributed by atoms with van der Waals surface area (Å²) in [4.78, 5) is 36.0. The molecule has 3 heterocycles. The van der Waals surface area contributed by atoms with E-state index in [1.54, 1.807) is 19.2 Å². The molecule has 1 N–H and O–H groups in total. The van der Waals surface area contributed by atoms with Crippen molar-refractivity contribution in [2.45, 2.75) is 39.2 Å². The minimum absolute atomic E-state index is 0.104. The van der Waals surface area contributed by atoms with Crippen molar-refractivity contribution in [3.63, 3.8) is 0 Å². The SMILES string of the molecule is Cc1oc([C@@H](C)NC(=O)c2csc(-c3ccccc3)n2)nc1C(=O)N1CCCCC1. The van der Waals surface area contributed by atoms with Crippen molar-refractivity contribution in [3.8, 4) is 10.6 Å². The van der Waals surface area contributed by atoms with Crippen LogP contribution in [0.2, 0.25) is 0 Å². The second-order valence-electron chi connectivity index (χ2n) is 7.41. The van der Waals surface area contributed by atoms with E-state index in [1.807, 2.05) is 35.2 Å². The van der Waals surface area contributed by atoms with Crippen LogP contribution < -0.4 is 5.32 Å². The van der Waals surface area contributed by atoms with Crippen molar-refractivity contribution in [1.82, 2.24) is 20.2 Å². The number of benzene rings is 1. The third-order valence-corrected chi connectivity index (χ3v) is 6.03. The Morgan fingerprint density at radius 3 is 2.60 bits per heavy atom. The Labute approximate surface area is 179 Å². The second-order valence-corrected chi connectivity index (χ2v) is 8.27. The molecule has 0 spiro atoms. The van der Waals surface area contributed by atoms with Crippen molar-refractivity contribution in [2.75, 3.05) is 13.1 Å². The number of aryl methyl sites for hydroxylation is 1. The Morgan fingerprint density at radius 1 is 1.13 bits per heavy atom. The lowest BCUT2D eigenvalue weighted by molar-refractivity contribution is 0.0717.